The van der Waals surface area contributed by atoms with E-state index in [0.29, 0.717) is 6.54 Å². The third kappa shape index (κ3) is 1.29. The Kier molecular flexibility index (Phi) is 1.85. The Balaban J connectivity index is 2.69. The van der Waals surface area contributed by atoms with Gasteiger partial charge in [-0.3, -0.25) is 4.68 Å². The number of aliphatic hydroxyl groups excluding tert-OH is 1. The summed E-state index contributed by atoms with van der Waals surface area (Å²) in [6, 6.07) is 2.89. The molecular weight excluding hydrogens is 116 g/mol. The highest BCUT2D eigenvalue weighted by Gasteiger charge is 1.92. The molecule has 0 aromatic carbocycles. The third-order valence-corrected chi connectivity index (χ3v) is 1.17. The molecule has 0 fully saturated rings. The monoisotopic (exact) mass is 125 g/mol. The van der Waals surface area contributed by atoms with Crippen molar-refractivity contribution in [2.75, 3.05) is 6.61 Å². The minimum absolute atomic E-state index is 0.135. The number of aromatic nitrogens is 2. The molecule has 3 heteroatoms. The van der Waals surface area contributed by atoms with Gasteiger partial charge >= 0.3 is 0 Å². The Bertz CT molecular complexity index is 183. The maximum atomic E-state index is 8.49. The minimum atomic E-state index is 0.135. The minimum Gasteiger partial charge on any atom is -0.394 e. The van der Waals surface area contributed by atoms with Crippen molar-refractivity contribution in [2.24, 2.45) is 0 Å². The summed E-state index contributed by atoms with van der Waals surface area (Å²) in [6.45, 7) is 2.61. The molecule has 1 heterocycles. The normalized spacial score (nSPS) is 10.0. The summed E-state index contributed by atoms with van der Waals surface area (Å²) in [5.41, 5.74) is 0.962. The highest BCUT2D eigenvalue weighted by atomic mass is 16.3. The molecule has 3 nitrogen and oxygen atoms in total. The molecule has 0 aliphatic carbocycles. The Morgan fingerprint density at radius 3 is 3.11 bits per heavy atom. The third-order valence-electron chi connectivity index (χ3n) is 1.17. The van der Waals surface area contributed by atoms with Crippen LogP contribution < -0.4 is 0 Å². The van der Waals surface area contributed by atoms with Gasteiger partial charge in [-0.2, -0.15) is 5.10 Å². The molecule has 49 valence electrons. The van der Waals surface area contributed by atoms with E-state index in [0.717, 1.165) is 5.69 Å². The zero-order valence-corrected chi connectivity index (χ0v) is 5.33. The van der Waals surface area contributed by atoms with Crippen molar-refractivity contribution in [3.05, 3.63) is 18.0 Å². The fourth-order valence-electron chi connectivity index (χ4n) is 0.673. The van der Waals surface area contributed by atoms with Gasteiger partial charge in [0.05, 0.1) is 19.3 Å². The maximum Gasteiger partial charge on any atom is 0.0644 e. The van der Waals surface area contributed by atoms with Crippen molar-refractivity contribution in [2.45, 2.75) is 13.5 Å². The lowest BCUT2D eigenvalue weighted by atomic mass is 10.5. The highest BCUT2D eigenvalue weighted by Crippen LogP contribution is 1.92. The lowest BCUT2D eigenvalue weighted by Crippen LogP contribution is -2.04. The molecule has 0 unspecified atom stereocenters. The molecule has 1 aromatic rings. The van der Waals surface area contributed by atoms with E-state index in [2.05, 4.69) is 11.2 Å². The van der Waals surface area contributed by atoms with E-state index in [1.54, 1.807) is 10.9 Å². The molecule has 0 saturated heterocycles. The molecule has 0 aliphatic heterocycles. The van der Waals surface area contributed by atoms with Crippen LogP contribution in [0.2, 0.25) is 0 Å². The average Bonchev–Trinajstić information content (AvgIpc) is 2.18. The number of nitrogens with zero attached hydrogens (tertiary/aromatic N) is 2. The van der Waals surface area contributed by atoms with Crippen molar-refractivity contribution in [3.8, 4) is 0 Å². The lowest BCUT2D eigenvalue weighted by Gasteiger charge is -1.97. The van der Waals surface area contributed by atoms with Crippen LogP contribution in [0, 0.1) is 13.0 Å². The molecule has 0 saturated carbocycles. The molecule has 9 heavy (non-hydrogen) atoms. The first kappa shape index (κ1) is 6.29. The van der Waals surface area contributed by atoms with Crippen LogP contribution in [-0.4, -0.2) is 21.5 Å². The first-order chi connectivity index (χ1) is 4.34. The number of hydrogen-bond acceptors (Lipinski definition) is 2. The first-order valence-electron chi connectivity index (χ1n) is 2.85. The molecule has 1 rings (SSSR count). The van der Waals surface area contributed by atoms with Gasteiger partial charge in [-0.1, -0.05) is 0 Å². The van der Waals surface area contributed by atoms with Crippen molar-refractivity contribution in [1.82, 2.24) is 9.78 Å². The lowest BCUT2D eigenvalue weighted by molar-refractivity contribution is 0.268. The van der Waals surface area contributed by atoms with Crippen molar-refractivity contribution >= 4 is 0 Å². The van der Waals surface area contributed by atoms with Crippen molar-refractivity contribution in [3.63, 3.8) is 0 Å². The molecule has 0 bridgehead atoms. The molecule has 0 amide bonds. The smallest absolute Gasteiger partial charge is 0.0644 e. The summed E-state index contributed by atoms with van der Waals surface area (Å²) in [6.07, 6.45) is 1.60. The second-order valence-electron chi connectivity index (χ2n) is 1.82. The average molecular weight is 125 g/mol. The summed E-state index contributed by atoms with van der Waals surface area (Å²) in [5.74, 6) is 0. The van der Waals surface area contributed by atoms with Crippen LogP contribution in [0.5, 0.6) is 0 Å². The standard InChI is InChI=1S/C6H9N2O/c1-6-2-3-7-8(6)4-5-9/h3,9H,4-5H2,1H3. The van der Waals surface area contributed by atoms with E-state index >= 15 is 0 Å². The molecule has 0 aliphatic rings. The fraction of sp³-hybridized carbons (Fsp3) is 0.500. The van der Waals surface area contributed by atoms with E-state index in [4.69, 9.17) is 5.11 Å². The van der Waals surface area contributed by atoms with Gasteiger partial charge in [0, 0.05) is 11.8 Å². The van der Waals surface area contributed by atoms with Gasteiger partial charge in [0.25, 0.3) is 0 Å². The summed E-state index contributed by atoms with van der Waals surface area (Å²) >= 11 is 0. The zero-order chi connectivity index (χ0) is 6.69. The van der Waals surface area contributed by atoms with Crippen molar-refractivity contribution < 1.29 is 5.11 Å². The second kappa shape index (κ2) is 2.64. The predicted molar refractivity (Wildman–Crippen MR) is 32.9 cm³/mol. The van der Waals surface area contributed by atoms with Gasteiger partial charge < -0.3 is 5.11 Å². The maximum absolute atomic E-state index is 8.49. The van der Waals surface area contributed by atoms with Gasteiger partial charge in [-0.05, 0) is 6.92 Å². The SMILES string of the molecule is Cc1[c]cnn1CCO. The van der Waals surface area contributed by atoms with E-state index < -0.39 is 0 Å². The Morgan fingerprint density at radius 2 is 2.67 bits per heavy atom. The van der Waals surface area contributed by atoms with E-state index in [9.17, 15) is 0 Å². The molecule has 1 N–H and O–H groups in total. The number of aliphatic hydroxyl groups is 1. The number of hydrogen-bond donors (Lipinski definition) is 1. The van der Waals surface area contributed by atoms with E-state index in [1.165, 1.54) is 0 Å². The van der Waals surface area contributed by atoms with Crippen LogP contribution in [0.15, 0.2) is 6.20 Å². The second-order valence-corrected chi connectivity index (χ2v) is 1.82. The van der Waals surface area contributed by atoms with Crippen LogP contribution in [-0.2, 0) is 6.54 Å². The topological polar surface area (TPSA) is 38.0 Å². The Morgan fingerprint density at radius 1 is 1.89 bits per heavy atom. The van der Waals surface area contributed by atoms with E-state index in [-0.39, 0.29) is 6.61 Å². The summed E-state index contributed by atoms with van der Waals surface area (Å²) in [4.78, 5) is 0. The Hall–Kier alpha value is -0.830. The van der Waals surface area contributed by atoms with Gasteiger partial charge in [-0.15, -0.1) is 0 Å². The quantitative estimate of drug-likeness (QED) is 0.603. The highest BCUT2D eigenvalue weighted by molar-refractivity contribution is 4.93. The van der Waals surface area contributed by atoms with Crippen molar-refractivity contribution in [1.29, 1.82) is 0 Å². The molecule has 0 spiro atoms. The molecule has 0 atom stereocenters. The van der Waals surface area contributed by atoms with Gasteiger partial charge in [0.15, 0.2) is 0 Å². The summed E-state index contributed by atoms with van der Waals surface area (Å²) in [7, 11) is 0. The Labute approximate surface area is 53.9 Å². The predicted octanol–water partition coefficient (Wildman–Crippen LogP) is -0.0160. The van der Waals surface area contributed by atoms with Crippen LogP contribution in [0.25, 0.3) is 0 Å². The summed E-state index contributed by atoms with van der Waals surface area (Å²) < 4.78 is 1.71. The number of rotatable bonds is 2. The van der Waals surface area contributed by atoms with Crippen LogP contribution in [0.4, 0.5) is 0 Å². The van der Waals surface area contributed by atoms with Crippen LogP contribution in [0.1, 0.15) is 5.69 Å². The molecule has 1 radical (unpaired) electrons. The fourth-order valence-corrected chi connectivity index (χ4v) is 0.673. The molecular formula is C6H9N2O. The number of aryl methyl sites for hydroxylation is 1. The zero-order valence-electron chi connectivity index (χ0n) is 5.33. The van der Waals surface area contributed by atoms with Gasteiger partial charge in [-0.25, -0.2) is 0 Å². The van der Waals surface area contributed by atoms with Gasteiger partial charge in [0.1, 0.15) is 0 Å². The van der Waals surface area contributed by atoms with Crippen LogP contribution in [0.3, 0.4) is 0 Å². The summed E-state index contributed by atoms with van der Waals surface area (Å²) in [5, 5.41) is 12.4. The largest absolute Gasteiger partial charge is 0.394 e. The van der Waals surface area contributed by atoms with Gasteiger partial charge in [0.2, 0.25) is 0 Å². The first-order valence-corrected chi connectivity index (χ1v) is 2.85. The molecule has 1 aromatic heterocycles. The van der Waals surface area contributed by atoms with Crippen LogP contribution >= 0.6 is 0 Å². The van der Waals surface area contributed by atoms with E-state index in [1.807, 2.05) is 6.92 Å².